The highest BCUT2D eigenvalue weighted by Gasteiger charge is 2.30. The Morgan fingerprint density at radius 3 is 2.65 bits per heavy atom. The van der Waals surface area contributed by atoms with Crippen molar-refractivity contribution in [2.24, 2.45) is 0 Å². The lowest BCUT2D eigenvalue weighted by molar-refractivity contribution is -0.00260. The molecule has 4 nitrogen and oxygen atoms in total. The fourth-order valence-electron chi connectivity index (χ4n) is 2.68. The Balaban J connectivity index is 1.74. The van der Waals surface area contributed by atoms with Crippen molar-refractivity contribution in [3.8, 4) is 0 Å². The maximum atomic E-state index is 13.2. The molecular formula is C17H18FNO3S. The summed E-state index contributed by atoms with van der Waals surface area (Å²) >= 11 is 0. The summed E-state index contributed by atoms with van der Waals surface area (Å²) in [5.41, 5.74) is 1.41. The lowest BCUT2D eigenvalue weighted by Gasteiger charge is -2.32. The van der Waals surface area contributed by atoms with Crippen LogP contribution in [-0.2, 0) is 20.5 Å². The number of hydrogen-bond acceptors (Lipinski definition) is 3. The second kappa shape index (κ2) is 6.78. The van der Waals surface area contributed by atoms with E-state index in [-0.39, 0.29) is 18.4 Å². The van der Waals surface area contributed by atoms with Gasteiger partial charge in [-0.3, -0.25) is 0 Å². The predicted octanol–water partition coefficient (Wildman–Crippen LogP) is 2.73. The minimum absolute atomic E-state index is 0.202. The highest BCUT2D eigenvalue weighted by molar-refractivity contribution is 7.88. The maximum absolute atomic E-state index is 13.2. The van der Waals surface area contributed by atoms with Gasteiger partial charge < -0.3 is 4.74 Å². The van der Waals surface area contributed by atoms with Crippen molar-refractivity contribution < 1.29 is 17.5 Å². The number of nitrogens with zero attached hydrogens (tertiary/aromatic N) is 1. The molecule has 2 aromatic rings. The van der Waals surface area contributed by atoms with Crippen LogP contribution in [-0.4, -0.2) is 32.4 Å². The van der Waals surface area contributed by atoms with Gasteiger partial charge in [-0.05, 0) is 23.3 Å². The second-order valence-electron chi connectivity index (χ2n) is 5.51. The van der Waals surface area contributed by atoms with E-state index in [4.69, 9.17) is 4.74 Å². The first-order valence-electron chi connectivity index (χ1n) is 7.43. The third kappa shape index (κ3) is 3.96. The minimum atomic E-state index is -3.51. The molecule has 1 atom stereocenters. The Kier molecular flexibility index (Phi) is 4.75. The van der Waals surface area contributed by atoms with Gasteiger partial charge in [0, 0.05) is 13.1 Å². The number of sulfonamides is 1. The molecule has 1 heterocycles. The van der Waals surface area contributed by atoms with Crippen molar-refractivity contribution in [3.05, 3.63) is 71.5 Å². The molecule has 3 rings (SSSR count). The first-order valence-corrected chi connectivity index (χ1v) is 9.04. The summed E-state index contributed by atoms with van der Waals surface area (Å²) in [7, 11) is -3.51. The van der Waals surface area contributed by atoms with E-state index in [2.05, 4.69) is 0 Å². The summed E-state index contributed by atoms with van der Waals surface area (Å²) in [5, 5.41) is 0. The third-order valence-electron chi connectivity index (χ3n) is 3.83. The van der Waals surface area contributed by atoms with Crippen LogP contribution in [0.5, 0.6) is 0 Å². The molecule has 0 bridgehead atoms. The number of ether oxygens (including phenoxy) is 1. The van der Waals surface area contributed by atoms with Gasteiger partial charge in [-0.25, -0.2) is 12.8 Å². The maximum Gasteiger partial charge on any atom is 0.218 e. The van der Waals surface area contributed by atoms with Crippen molar-refractivity contribution in [1.29, 1.82) is 0 Å². The molecule has 1 fully saturated rings. The molecule has 1 aliphatic heterocycles. The molecular weight excluding hydrogens is 317 g/mol. The molecule has 0 aliphatic carbocycles. The van der Waals surface area contributed by atoms with Gasteiger partial charge >= 0.3 is 0 Å². The van der Waals surface area contributed by atoms with Crippen LogP contribution in [0, 0.1) is 5.82 Å². The summed E-state index contributed by atoms with van der Waals surface area (Å²) in [5.74, 6) is -0.631. The number of rotatable bonds is 4. The Morgan fingerprint density at radius 2 is 1.91 bits per heavy atom. The lowest BCUT2D eigenvalue weighted by atomic mass is 10.1. The number of hydrogen-bond donors (Lipinski definition) is 0. The summed E-state index contributed by atoms with van der Waals surface area (Å²) < 4.78 is 45.5. The molecule has 2 aromatic carbocycles. The fourth-order valence-corrected chi connectivity index (χ4v) is 4.17. The first-order chi connectivity index (χ1) is 11.0. The van der Waals surface area contributed by atoms with E-state index >= 15 is 0 Å². The van der Waals surface area contributed by atoms with Crippen molar-refractivity contribution >= 4 is 10.0 Å². The van der Waals surface area contributed by atoms with Crippen LogP contribution in [0.25, 0.3) is 0 Å². The van der Waals surface area contributed by atoms with Crippen LogP contribution < -0.4 is 0 Å². The van der Waals surface area contributed by atoms with E-state index < -0.39 is 15.8 Å². The monoisotopic (exact) mass is 335 g/mol. The van der Waals surface area contributed by atoms with Crippen molar-refractivity contribution in [3.63, 3.8) is 0 Å². The summed E-state index contributed by atoms with van der Waals surface area (Å²) in [6, 6.07) is 15.3. The summed E-state index contributed by atoms with van der Waals surface area (Å²) in [6.45, 7) is 0.949. The van der Waals surface area contributed by atoms with Crippen LogP contribution in [0.15, 0.2) is 54.6 Å². The lowest BCUT2D eigenvalue weighted by Crippen LogP contribution is -2.42. The Labute approximate surface area is 135 Å². The number of halogens is 1. The van der Waals surface area contributed by atoms with Crippen molar-refractivity contribution in [2.45, 2.75) is 11.9 Å². The van der Waals surface area contributed by atoms with Crippen LogP contribution in [0.4, 0.5) is 4.39 Å². The van der Waals surface area contributed by atoms with Gasteiger partial charge in [-0.2, -0.15) is 4.31 Å². The van der Waals surface area contributed by atoms with Gasteiger partial charge in [0.2, 0.25) is 10.0 Å². The average Bonchev–Trinajstić information content (AvgIpc) is 2.55. The summed E-state index contributed by atoms with van der Waals surface area (Å²) in [4.78, 5) is 0. The number of morpholine rings is 1. The average molecular weight is 335 g/mol. The van der Waals surface area contributed by atoms with Crippen LogP contribution in [0.1, 0.15) is 17.2 Å². The highest BCUT2D eigenvalue weighted by atomic mass is 32.2. The third-order valence-corrected chi connectivity index (χ3v) is 5.65. The topological polar surface area (TPSA) is 46.6 Å². The molecule has 0 saturated carbocycles. The molecule has 122 valence electrons. The van der Waals surface area contributed by atoms with Crippen LogP contribution in [0.2, 0.25) is 0 Å². The normalized spacial score (nSPS) is 19.6. The smallest absolute Gasteiger partial charge is 0.218 e. The molecule has 1 aliphatic rings. The molecule has 23 heavy (non-hydrogen) atoms. The minimum Gasteiger partial charge on any atom is -0.371 e. The predicted molar refractivity (Wildman–Crippen MR) is 85.7 cm³/mol. The van der Waals surface area contributed by atoms with E-state index in [0.717, 1.165) is 5.56 Å². The Bertz CT molecular complexity index is 764. The fraction of sp³-hybridized carbons (Fsp3) is 0.294. The zero-order chi connectivity index (χ0) is 16.3. The zero-order valence-corrected chi connectivity index (χ0v) is 13.4. The van der Waals surface area contributed by atoms with E-state index in [1.807, 2.05) is 30.3 Å². The molecule has 0 N–H and O–H groups in total. The molecule has 0 spiro atoms. The van der Waals surface area contributed by atoms with Gasteiger partial charge in [0.25, 0.3) is 0 Å². The van der Waals surface area contributed by atoms with Gasteiger partial charge in [-0.15, -0.1) is 0 Å². The molecule has 1 saturated heterocycles. The molecule has 6 heteroatoms. The van der Waals surface area contributed by atoms with Crippen LogP contribution in [0.3, 0.4) is 0 Å². The van der Waals surface area contributed by atoms with E-state index in [0.29, 0.717) is 18.7 Å². The molecule has 0 amide bonds. The van der Waals surface area contributed by atoms with Gasteiger partial charge in [-0.1, -0.05) is 42.5 Å². The SMILES string of the molecule is O=S(=O)(Cc1cccc(F)c1)N1CCOC(c2ccccc2)C1. The van der Waals surface area contributed by atoms with Crippen molar-refractivity contribution in [1.82, 2.24) is 4.31 Å². The quantitative estimate of drug-likeness (QED) is 0.863. The summed E-state index contributed by atoms with van der Waals surface area (Å²) in [6.07, 6.45) is -0.271. The van der Waals surface area contributed by atoms with Gasteiger partial charge in [0.15, 0.2) is 0 Å². The molecule has 0 radical (unpaired) electrons. The largest absolute Gasteiger partial charge is 0.371 e. The standard InChI is InChI=1S/C17H18FNO3S/c18-16-8-4-5-14(11-16)13-23(20,21)19-9-10-22-17(12-19)15-6-2-1-3-7-15/h1-8,11,17H,9-10,12-13H2. The van der Waals surface area contributed by atoms with Gasteiger partial charge in [0.05, 0.1) is 18.5 Å². The first kappa shape index (κ1) is 16.1. The van der Waals surface area contributed by atoms with Gasteiger partial charge in [0.1, 0.15) is 5.82 Å². The van der Waals surface area contributed by atoms with E-state index in [1.54, 1.807) is 6.07 Å². The highest BCUT2D eigenvalue weighted by Crippen LogP contribution is 2.24. The number of benzene rings is 2. The molecule has 1 unspecified atom stereocenters. The second-order valence-corrected chi connectivity index (χ2v) is 7.48. The van der Waals surface area contributed by atoms with Crippen molar-refractivity contribution in [2.75, 3.05) is 19.7 Å². The molecule has 0 aromatic heterocycles. The van der Waals surface area contributed by atoms with Crippen LogP contribution >= 0.6 is 0 Å². The van der Waals surface area contributed by atoms with E-state index in [1.165, 1.54) is 22.5 Å². The zero-order valence-electron chi connectivity index (χ0n) is 12.6. The Morgan fingerprint density at radius 1 is 1.13 bits per heavy atom. The van der Waals surface area contributed by atoms with E-state index in [9.17, 15) is 12.8 Å². The Hall–Kier alpha value is -1.76.